The summed E-state index contributed by atoms with van der Waals surface area (Å²) in [7, 11) is 0. The van der Waals surface area contributed by atoms with Crippen LogP contribution in [0.4, 0.5) is 5.69 Å². The third-order valence-electron chi connectivity index (χ3n) is 6.62. The maximum atomic E-state index is 12.4. The molecule has 0 bridgehead atoms. The van der Waals surface area contributed by atoms with Gasteiger partial charge in [0, 0.05) is 18.3 Å². The number of rotatable bonds is 8. The SMILES string of the molecule is NC1CCC(Oc2ccc3ccc(Oc4ccc(CC(=O)Nc5ccccc5C(=O)O)cn4)cc3c2)CC1. The predicted molar refractivity (Wildman–Crippen MR) is 145 cm³/mol. The van der Waals surface area contributed by atoms with E-state index in [4.69, 9.17) is 15.2 Å². The molecule has 0 atom stereocenters. The molecule has 3 aromatic carbocycles. The molecule has 4 aromatic rings. The molecule has 1 aromatic heterocycles. The Morgan fingerprint density at radius 3 is 2.39 bits per heavy atom. The molecule has 1 heterocycles. The van der Waals surface area contributed by atoms with E-state index in [1.807, 2.05) is 36.4 Å². The van der Waals surface area contributed by atoms with Crippen molar-refractivity contribution >= 4 is 28.3 Å². The summed E-state index contributed by atoms with van der Waals surface area (Å²) in [6.45, 7) is 0. The van der Waals surface area contributed by atoms with E-state index in [0.717, 1.165) is 42.2 Å². The zero-order chi connectivity index (χ0) is 26.5. The minimum Gasteiger partial charge on any atom is -0.490 e. The van der Waals surface area contributed by atoms with E-state index in [9.17, 15) is 14.7 Å². The van der Waals surface area contributed by atoms with Crippen molar-refractivity contribution < 1.29 is 24.2 Å². The Kier molecular flexibility index (Phi) is 7.51. The standard InChI is InChI=1S/C30H29N3O5/c31-22-8-12-23(13-9-22)37-24-10-6-20-7-11-25(17-21(20)16-24)38-29-14-5-19(18-32-29)15-28(34)33-27-4-2-1-3-26(27)30(35)36/h1-7,10-11,14,16-18,22-23H,8-9,12-13,15,31H2,(H,33,34)(H,35,36). The molecule has 1 saturated carbocycles. The first-order valence-electron chi connectivity index (χ1n) is 12.6. The van der Waals surface area contributed by atoms with Crippen LogP contribution in [0.1, 0.15) is 41.6 Å². The van der Waals surface area contributed by atoms with Gasteiger partial charge in [0.25, 0.3) is 0 Å². The summed E-state index contributed by atoms with van der Waals surface area (Å²) in [6.07, 6.45) is 5.75. The Morgan fingerprint density at radius 2 is 1.66 bits per heavy atom. The number of hydrogen-bond donors (Lipinski definition) is 3. The number of nitrogens with two attached hydrogens (primary N) is 1. The molecule has 1 aliphatic carbocycles. The highest BCUT2D eigenvalue weighted by Crippen LogP contribution is 2.29. The third-order valence-corrected chi connectivity index (χ3v) is 6.62. The van der Waals surface area contributed by atoms with Gasteiger partial charge in [-0.2, -0.15) is 0 Å². The van der Waals surface area contributed by atoms with Crippen molar-refractivity contribution in [2.24, 2.45) is 5.73 Å². The molecule has 5 rings (SSSR count). The lowest BCUT2D eigenvalue weighted by molar-refractivity contribution is -0.115. The maximum Gasteiger partial charge on any atom is 0.337 e. The molecule has 194 valence electrons. The van der Waals surface area contributed by atoms with E-state index in [1.165, 1.54) is 6.07 Å². The molecule has 8 nitrogen and oxygen atoms in total. The number of aromatic nitrogens is 1. The second kappa shape index (κ2) is 11.3. The van der Waals surface area contributed by atoms with Gasteiger partial charge in [-0.3, -0.25) is 4.79 Å². The van der Waals surface area contributed by atoms with E-state index in [2.05, 4.69) is 10.3 Å². The largest absolute Gasteiger partial charge is 0.490 e. The number of para-hydroxylation sites is 1. The Labute approximate surface area is 220 Å². The first-order chi connectivity index (χ1) is 18.4. The van der Waals surface area contributed by atoms with Crippen molar-refractivity contribution in [3.05, 3.63) is 90.1 Å². The number of hydrogen-bond acceptors (Lipinski definition) is 6. The number of carbonyl (C=O) groups is 2. The summed E-state index contributed by atoms with van der Waals surface area (Å²) in [4.78, 5) is 28.1. The van der Waals surface area contributed by atoms with Crippen LogP contribution < -0.4 is 20.5 Å². The van der Waals surface area contributed by atoms with Gasteiger partial charge >= 0.3 is 5.97 Å². The number of anilines is 1. The number of fused-ring (bicyclic) bond motifs is 1. The fourth-order valence-electron chi connectivity index (χ4n) is 4.59. The highest BCUT2D eigenvalue weighted by Gasteiger charge is 2.20. The third kappa shape index (κ3) is 6.27. The number of amides is 1. The van der Waals surface area contributed by atoms with Crippen molar-refractivity contribution in [2.45, 2.75) is 44.2 Å². The van der Waals surface area contributed by atoms with E-state index >= 15 is 0 Å². The van der Waals surface area contributed by atoms with Gasteiger partial charge in [0.1, 0.15) is 11.5 Å². The molecule has 0 aliphatic heterocycles. The molecule has 0 spiro atoms. The van der Waals surface area contributed by atoms with E-state index < -0.39 is 5.97 Å². The highest BCUT2D eigenvalue weighted by molar-refractivity contribution is 6.01. The number of aromatic carboxylic acids is 1. The molecular formula is C30H29N3O5. The van der Waals surface area contributed by atoms with Crippen molar-refractivity contribution in [3.8, 4) is 17.4 Å². The number of ether oxygens (including phenoxy) is 2. The van der Waals surface area contributed by atoms with Gasteiger partial charge in [-0.15, -0.1) is 0 Å². The van der Waals surface area contributed by atoms with Crippen LogP contribution in [-0.4, -0.2) is 34.1 Å². The number of nitrogens with one attached hydrogen (secondary N) is 1. The average molecular weight is 512 g/mol. The summed E-state index contributed by atoms with van der Waals surface area (Å²) in [5.74, 6) is 0.438. The second-order valence-electron chi connectivity index (χ2n) is 9.51. The van der Waals surface area contributed by atoms with Crippen LogP contribution in [0.2, 0.25) is 0 Å². The quantitative estimate of drug-likeness (QED) is 0.283. The van der Waals surface area contributed by atoms with Crippen molar-refractivity contribution in [3.63, 3.8) is 0 Å². The lowest BCUT2D eigenvalue weighted by Gasteiger charge is -2.26. The highest BCUT2D eigenvalue weighted by atomic mass is 16.5. The molecule has 0 radical (unpaired) electrons. The molecule has 8 heteroatoms. The minimum absolute atomic E-state index is 0.0375. The van der Waals surface area contributed by atoms with E-state index in [0.29, 0.717) is 17.2 Å². The summed E-state index contributed by atoms with van der Waals surface area (Å²) < 4.78 is 12.2. The van der Waals surface area contributed by atoms with Crippen molar-refractivity contribution in [1.29, 1.82) is 0 Å². The fourth-order valence-corrected chi connectivity index (χ4v) is 4.59. The number of nitrogens with zero attached hydrogens (tertiary/aromatic N) is 1. The molecule has 1 amide bonds. The summed E-state index contributed by atoms with van der Waals surface area (Å²) in [5.41, 5.74) is 6.97. The van der Waals surface area contributed by atoms with Crippen LogP contribution >= 0.6 is 0 Å². The summed E-state index contributed by atoms with van der Waals surface area (Å²) >= 11 is 0. The van der Waals surface area contributed by atoms with Crippen LogP contribution in [0.3, 0.4) is 0 Å². The molecule has 38 heavy (non-hydrogen) atoms. The monoisotopic (exact) mass is 511 g/mol. The second-order valence-corrected chi connectivity index (χ2v) is 9.51. The van der Waals surface area contributed by atoms with Crippen LogP contribution in [0.15, 0.2) is 79.0 Å². The topological polar surface area (TPSA) is 124 Å². The Bertz CT molecular complexity index is 1450. The molecule has 1 aliphatic rings. The van der Waals surface area contributed by atoms with Crippen LogP contribution in [0, 0.1) is 0 Å². The number of pyridine rings is 1. The van der Waals surface area contributed by atoms with Crippen LogP contribution in [0.25, 0.3) is 10.8 Å². The number of carboxylic acids is 1. The van der Waals surface area contributed by atoms with Gasteiger partial charge < -0.3 is 25.6 Å². The van der Waals surface area contributed by atoms with Gasteiger partial charge in [0.05, 0.1) is 23.8 Å². The lowest BCUT2D eigenvalue weighted by atomic mass is 9.94. The van der Waals surface area contributed by atoms with Crippen LogP contribution in [-0.2, 0) is 11.2 Å². The zero-order valence-electron chi connectivity index (χ0n) is 20.8. The van der Waals surface area contributed by atoms with Crippen molar-refractivity contribution in [2.75, 3.05) is 5.32 Å². The van der Waals surface area contributed by atoms with Crippen molar-refractivity contribution in [1.82, 2.24) is 4.98 Å². The molecule has 0 saturated heterocycles. The Morgan fingerprint density at radius 1 is 0.921 bits per heavy atom. The van der Waals surface area contributed by atoms with E-state index in [-0.39, 0.29) is 35.7 Å². The van der Waals surface area contributed by atoms with E-state index in [1.54, 1.807) is 36.5 Å². The fraction of sp³-hybridized carbons (Fsp3) is 0.233. The molecule has 0 unspecified atom stereocenters. The number of carbonyl (C=O) groups excluding carboxylic acids is 1. The first kappa shape index (κ1) is 25.2. The number of carboxylic acid groups (broad SMARTS) is 1. The molecule has 1 fully saturated rings. The normalized spacial score (nSPS) is 17.1. The molecule has 4 N–H and O–H groups in total. The Balaban J connectivity index is 1.21. The minimum atomic E-state index is -1.10. The van der Waals surface area contributed by atoms with Gasteiger partial charge in [0.15, 0.2) is 0 Å². The predicted octanol–water partition coefficient (Wildman–Crippen LogP) is 5.56. The van der Waals surface area contributed by atoms with Gasteiger partial charge in [-0.25, -0.2) is 9.78 Å². The first-order valence-corrected chi connectivity index (χ1v) is 12.6. The zero-order valence-corrected chi connectivity index (χ0v) is 20.8. The molecular weight excluding hydrogens is 482 g/mol. The Hall–Kier alpha value is -4.43. The summed E-state index contributed by atoms with van der Waals surface area (Å²) in [6, 6.07) is 21.9. The number of benzene rings is 3. The summed E-state index contributed by atoms with van der Waals surface area (Å²) in [5, 5.41) is 14.0. The van der Waals surface area contributed by atoms with Gasteiger partial charge in [0.2, 0.25) is 11.8 Å². The average Bonchev–Trinajstić information content (AvgIpc) is 2.91. The van der Waals surface area contributed by atoms with Gasteiger partial charge in [-0.1, -0.05) is 30.3 Å². The van der Waals surface area contributed by atoms with Gasteiger partial charge in [-0.05, 0) is 78.4 Å². The maximum absolute atomic E-state index is 12.4. The van der Waals surface area contributed by atoms with Crippen LogP contribution in [0.5, 0.6) is 17.4 Å². The lowest BCUT2D eigenvalue weighted by Crippen LogP contribution is -2.31. The smallest absolute Gasteiger partial charge is 0.337 e.